The third-order valence-electron chi connectivity index (χ3n) is 3.75. The van der Waals surface area contributed by atoms with Crippen LogP contribution >= 0.6 is 0 Å². The van der Waals surface area contributed by atoms with Crippen LogP contribution in [0, 0.1) is 5.92 Å². The van der Waals surface area contributed by atoms with Crippen molar-refractivity contribution in [2.75, 3.05) is 13.1 Å². The predicted molar refractivity (Wildman–Crippen MR) is 81.7 cm³/mol. The molecule has 0 saturated carbocycles. The third-order valence-corrected chi connectivity index (χ3v) is 3.75. The molecule has 0 aromatic heterocycles. The molecular weight excluding hydrogens is 266 g/mol. The highest BCUT2D eigenvalue weighted by atomic mass is 16.2. The lowest BCUT2D eigenvalue weighted by atomic mass is 9.95. The van der Waals surface area contributed by atoms with Crippen LogP contribution in [-0.4, -0.2) is 36.0 Å². The summed E-state index contributed by atoms with van der Waals surface area (Å²) >= 11 is 0. The molecule has 2 rings (SSSR count). The number of hydrogen-bond donors (Lipinski definition) is 2. The molecule has 1 aromatic carbocycles. The van der Waals surface area contributed by atoms with Crippen molar-refractivity contribution in [2.24, 2.45) is 5.92 Å². The molecule has 1 heterocycles. The number of nitrogens with one attached hydrogen (secondary N) is 2. The van der Waals surface area contributed by atoms with E-state index < -0.39 is 6.04 Å². The molecule has 0 bridgehead atoms. The zero-order valence-corrected chi connectivity index (χ0v) is 12.8. The lowest BCUT2D eigenvalue weighted by molar-refractivity contribution is -0.129. The molecule has 5 heteroatoms. The Morgan fingerprint density at radius 1 is 1.24 bits per heavy atom. The molecule has 0 aliphatic carbocycles. The van der Waals surface area contributed by atoms with E-state index in [1.165, 1.54) is 4.90 Å². The number of hydrogen-bond acceptors (Lipinski definition) is 3. The quantitative estimate of drug-likeness (QED) is 0.870. The Labute approximate surface area is 125 Å². The highest BCUT2D eigenvalue weighted by Crippen LogP contribution is 2.22. The number of carbonyl (C=O) groups excluding carboxylic acids is 2. The maximum atomic E-state index is 12.3. The fourth-order valence-electron chi connectivity index (χ4n) is 2.59. The van der Waals surface area contributed by atoms with E-state index in [1.54, 1.807) is 0 Å². The normalized spacial score (nSPS) is 17.7. The minimum absolute atomic E-state index is 0.0795. The van der Waals surface area contributed by atoms with Crippen LogP contribution in [0.1, 0.15) is 32.4 Å². The van der Waals surface area contributed by atoms with Gasteiger partial charge in [-0.1, -0.05) is 44.2 Å². The SMILES string of the molecule is CC(C)[C@@H](N[C@@H](C)C(=O)N1CCNC1=O)c1ccccc1. The zero-order chi connectivity index (χ0) is 15.4. The van der Waals surface area contributed by atoms with E-state index in [1.807, 2.05) is 25.1 Å². The summed E-state index contributed by atoms with van der Waals surface area (Å²) in [5.41, 5.74) is 1.15. The van der Waals surface area contributed by atoms with Gasteiger partial charge in [-0.05, 0) is 18.4 Å². The summed E-state index contributed by atoms with van der Waals surface area (Å²) in [6.45, 7) is 7.02. The molecule has 1 aliphatic rings. The third kappa shape index (κ3) is 3.61. The van der Waals surface area contributed by atoms with Gasteiger partial charge in [0.05, 0.1) is 6.04 Å². The summed E-state index contributed by atoms with van der Waals surface area (Å²) in [5.74, 6) is 0.168. The molecule has 1 aromatic rings. The van der Waals surface area contributed by atoms with Crippen LogP contribution in [0.3, 0.4) is 0 Å². The summed E-state index contributed by atoms with van der Waals surface area (Å²) in [4.78, 5) is 25.2. The molecule has 114 valence electrons. The first-order valence-electron chi connectivity index (χ1n) is 7.41. The van der Waals surface area contributed by atoms with Crippen molar-refractivity contribution >= 4 is 11.9 Å². The summed E-state index contributed by atoms with van der Waals surface area (Å²) in [6.07, 6.45) is 0. The zero-order valence-electron chi connectivity index (χ0n) is 12.8. The van der Waals surface area contributed by atoms with Gasteiger partial charge in [0.1, 0.15) is 0 Å². The van der Waals surface area contributed by atoms with Gasteiger partial charge >= 0.3 is 6.03 Å². The van der Waals surface area contributed by atoms with Crippen molar-refractivity contribution in [1.82, 2.24) is 15.5 Å². The lowest BCUT2D eigenvalue weighted by Gasteiger charge is -2.28. The fraction of sp³-hybridized carbons (Fsp3) is 0.500. The van der Waals surface area contributed by atoms with Gasteiger partial charge in [0, 0.05) is 19.1 Å². The van der Waals surface area contributed by atoms with Gasteiger partial charge in [0.15, 0.2) is 0 Å². The standard InChI is InChI=1S/C16H23N3O2/c1-11(2)14(13-7-5-4-6-8-13)18-12(3)15(20)19-10-9-17-16(19)21/h4-8,11-12,14,18H,9-10H2,1-3H3,(H,17,21)/t12-,14+/m0/s1. The minimum Gasteiger partial charge on any atom is -0.336 e. The van der Waals surface area contributed by atoms with E-state index in [0.717, 1.165) is 5.56 Å². The van der Waals surface area contributed by atoms with Crippen LogP contribution in [0.15, 0.2) is 30.3 Å². The Balaban J connectivity index is 2.06. The Kier molecular flexibility index (Phi) is 4.96. The average molecular weight is 289 g/mol. The van der Waals surface area contributed by atoms with E-state index in [2.05, 4.69) is 36.6 Å². The largest absolute Gasteiger partial charge is 0.336 e. The Bertz CT molecular complexity index is 502. The maximum Gasteiger partial charge on any atom is 0.324 e. The summed E-state index contributed by atoms with van der Waals surface area (Å²) in [6, 6.07) is 9.45. The number of imide groups is 1. The predicted octanol–water partition coefficient (Wildman–Crippen LogP) is 1.91. The number of benzene rings is 1. The second-order valence-corrected chi connectivity index (χ2v) is 5.74. The minimum atomic E-state index is -0.401. The molecule has 21 heavy (non-hydrogen) atoms. The molecule has 1 fully saturated rings. The number of rotatable bonds is 5. The van der Waals surface area contributed by atoms with Crippen molar-refractivity contribution in [1.29, 1.82) is 0 Å². The molecule has 0 spiro atoms. The van der Waals surface area contributed by atoms with Crippen LogP contribution in [-0.2, 0) is 4.79 Å². The van der Waals surface area contributed by atoms with Crippen LogP contribution in [0.25, 0.3) is 0 Å². The van der Waals surface area contributed by atoms with Crippen molar-refractivity contribution in [3.8, 4) is 0 Å². The molecule has 0 radical (unpaired) electrons. The fourth-order valence-corrected chi connectivity index (χ4v) is 2.59. The smallest absolute Gasteiger partial charge is 0.324 e. The van der Waals surface area contributed by atoms with Gasteiger partial charge in [0.25, 0.3) is 0 Å². The van der Waals surface area contributed by atoms with Gasteiger partial charge in [0.2, 0.25) is 5.91 Å². The molecule has 3 amide bonds. The number of urea groups is 1. The number of carbonyl (C=O) groups is 2. The van der Waals surface area contributed by atoms with Gasteiger partial charge in [-0.2, -0.15) is 0 Å². The number of nitrogens with zero attached hydrogens (tertiary/aromatic N) is 1. The van der Waals surface area contributed by atoms with E-state index in [4.69, 9.17) is 0 Å². The molecular formula is C16H23N3O2. The van der Waals surface area contributed by atoms with Crippen molar-refractivity contribution in [3.63, 3.8) is 0 Å². The van der Waals surface area contributed by atoms with Crippen LogP contribution in [0.5, 0.6) is 0 Å². The van der Waals surface area contributed by atoms with Gasteiger partial charge in [-0.15, -0.1) is 0 Å². The molecule has 1 saturated heterocycles. The molecule has 2 atom stereocenters. The summed E-state index contributed by atoms with van der Waals surface area (Å²) < 4.78 is 0. The molecule has 5 nitrogen and oxygen atoms in total. The second kappa shape index (κ2) is 6.72. The monoisotopic (exact) mass is 289 g/mol. The molecule has 1 aliphatic heterocycles. The van der Waals surface area contributed by atoms with Crippen molar-refractivity contribution < 1.29 is 9.59 Å². The first-order chi connectivity index (χ1) is 10.0. The first-order valence-corrected chi connectivity index (χ1v) is 7.41. The Hall–Kier alpha value is -1.88. The number of amides is 3. The average Bonchev–Trinajstić information content (AvgIpc) is 2.90. The van der Waals surface area contributed by atoms with Crippen LogP contribution in [0.4, 0.5) is 4.79 Å². The second-order valence-electron chi connectivity index (χ2n) is 5.74. The van der Waals surface area contributed by atoms with E-state index in [9.17, 15) is 9.59 Å². The molecule has 2 N–H and O–H groups in total. The lowest BCUT2D eigenvalue weighted by Crippen LogP contribution is -2.47. The van der Waals surface area contributed by atoms with Gasteiger partial charge < -0.3 is 5.32 Å². The van der Waals surface area contributed by atoms with Gasteiger partial charge in [-0.25, -0.2) is 4.79 Å². The van der Waals surface area contributed by atoms with Crippen molar-refractivity contribution in [2.45, 2.75) is 32.9 Å². The summed E-state index contributed by atoms with van der Waals surface area (Å²) in [5, 5.41) is 6.01. The van der Waals surface area contributed by atoms with Crippen LogP contribution in [0.2, 0.25) is 0 Å². The van der Waals surface area contributed by atoms with Crippen molar-refractivity contribution in [3.05, 3.63) is 35.9 Å². The highest BCUT2D eigenvalue weighted by Gasteiger charge is 2.31. The Morgan fingerprint density at radius 2 is 1.90 bits per heavy atom. The van der Waals surface area contributed by atoms with E-state index >= 15 is 0 Å². The molecule has 0 unspecified atom stereocenters. The van der Waals surface area contributed by atoms with E-state index in [0.29, 0.717) is 19.0 Å². The summed E-state index contributed by atoms with van der Waals surface area (Å²) in [7, 11) is 0. The first kappa shape index (κ1) is 15.5. The van der Waals surface area contributed by atoms with Crippen LogP contribution < -0.4 is 10.6 Å². The Morgan fingerprint density at radius 3 is 2.43 bits per heavy atom. The van der Waals surface area contributed by atoms with Gasteiger partial charge in [-0.3, -0.25) is 15.0 Å². The topological polar surface area (TPSA) is 61.4 Å². The van der Waals surface area contributed by atoms with E-state index in [-0.39, 0.29) is 18.0 Å². The highest BCUT2D eigenvalue weighted by molar-refractivity contribution is 5.98. The maximum absolute atomic E-state index is 12.3.